The number of nitrogens with zero attached hydrogens (tertiary/aromatic N) is 5. The quantitative estimate of drug-likeness (QED) is 0.432. The van der Waals surface area contributed by atoms with Crippen LogP contribution in [0.15, 0.2) is 24.7 Å². The van der Waals surface area contributed by atoms with Gasteiger partial charge in [-0.25, -0.2) is 9.50 Å². The Morgan fingerprint density at radius 2 is 1.80 bits per heavy atom. The molecule has 2 aliphatic rings. The number of pyridine rings is 2. The Hall–Kier alpha value is -2.77. The van der Waals surface area contributed by atoms with Crippen molar-refractivity contribution in [1.29, 1.82) is 0 Å². The van der Waals surface area contributed by atoms with E-state index in [0.717, 1.165) is 46.7 Å². The minimum atomic E-state index is 0.351. The number of hydrogen-bond donors (Lipinski definition) is 1. The minimum Gasteiger partial charge on any atom is -0.381 e. The number of aromatic amines is 1. The van der Waals surface area contributed by atoms with E-state index in [1.807, 2.05) is 4.52 Å². The smallest absolute Gasteiger partial charge is 0.158 e. The lowest BCUT2D eigenvalue weighted by molar-refractivity contribution is 0.0250. The maximum Gasteiger partial charge on any atom is 0.158 e. The molecule has 184 valence electrons. The third-order valence-electron chi connectivity index (χ3n) is 8.09. The Bertz CT molecular complexity index is 1360. The third kappa shape index (κ3) is 4.04. The largest absolute Gasteiger partial charge is 0.381 e. The molecule has 0 atom stereocenters. The van der Waals surface area contributed by atoms with Crippen LogP contribution in [-0.2, 0) is 4.74 Å². The third-order valence-corrected chi connectivity index (χ3v) is 8.09. The molecule has 0 saturated carbocycles. The normalized spacial score (nSPS) is 18.9. The van der Waals surface area contributed by atoms with Crippen molar-refractivity contribution in [3.8, 4) is 11.3 Å². The zero-order valence-corrected chi connectivity index (χ0v) is 21.3. The van der Waals surface area contributed by atoms with Gasteiger partial charge in [0, 0.05) is 48.2 Å². The van der Waals surface area contributed by atoms with Gasteiger partial charge in [-0.1, -0.05) is 13.8 Å². The van der Waals surface area contributed by atoms with Crippen molar-refractivity contribution in [3.05, 3.63) is 47.0 Å². The van der Waals surface area contributed by atoms with Crippen LogP contribution in [0, 0.1) is 13.8 Å². The number of aryl methyl sites for hydroxylation is 2. The molecule has 7 nitrogen and oxygen atoms in total. The fourth-order valence-corrected chi connectivity index (χ4v) is 6.27. The highest BCUT2D eigenvalue weighted by atomic mass is 16.5. The molecule has 2 fully saturated rings. The average molecular weight is 473 g/mol. The van der Waals surface area contributed by atoms with Crippen LogP contribution in [0.5, 0.6) is 0 Å². The average Bonchev–Trinajstić information content (AvgIpc) is 3.49. The summed E-state index contributed by atoms with van der Waals surface area (Å²) in [6.07, 6.45) is 8.42. The van der Waals surface area contributed by atoms with Crippen LogP contribution in [0.25, 0.3) is 27.9 Å². The second-order valence-corrected chi connectivity index (χ2v) is 10.7. The van der Waals surface area contributed by atoms with E-state index in [2.05, 4.69) is 66.0 Å². The highest BCUT2D eigenvalue weighted by Gasteiger charge is 2.29. The van der Waals surface area contributed by atoms with E-state index in [-0.39, 0.29) is 0 Å². The predicted octanol–water partition coefficient (Wildman–Crippen LogP) is 5.37. The lowest BCUT2D eigenvalue weighted by Crippen LogP contribution is -2.43. The number of aromatic nitrogens is 5. The zero-order valence-electron chi connectivity index (χ0n) is 21.3. The molecular weight excluding hydrogens is 436 g/mol. The number of H-pyrrole nitrogens is 1. The van der Waals surface area contributed by atoms with Crippen LogP contribution >= 0.6 is 0 Å². The molecule has 0 aliphatic carbocycles. The van der Waals surface area contributed by atoms with E-state index in [4.69, 9.17) is 9.72 Å². The van der Waals surface area contributed by atoms with Gasteiger partial charge in [0.15, 0.2) is 5.65 Å². The van der Waals surface area contributed by atoms with Crippen molar-refractivity contribution < 1.29 is 4.74 Å². The van der Waals surface area contributed by atoms with E-state index in [0.29, 0.717) is 17.9 Å². The number of hydrogen-bond acceptors (Lipinski definition) is 5. The number of nitrogens with one attached hydrogen (secondary N) is 1. The first-order valence-electron chi connectivity index (χ1n) is 13.1. The number of fused-ring (bicyclic) bond motifs is 2. The van der Waals surface area contributed by atoms with Crippen molar-refractivity contribution in [2.24, 2.45) is 0 Å². The van der Waals surface area contributed by atoms with Crippen molar-refractivity contribution in [1.82, 2.24) is 29.5 Å². The summed E-state index contributed by atoms with van der Waals surface area (Å²) >= 11 is 0. The molecule has 7 heteroatoms. The minimum absolute atomic E-state index is 0.351. The molecule has 2 aliphatic heterocycles. The fraction of sp³-hybridized carbons (Fsp3) is 0.536. The lowest BCUT2D eigenvalue weighted by atomic mass is 9.89. The standard InChI is InChI=1S/C28H36N6O/c1-17(2)24-26(21-13-19(4)28-29-16-30-34(28)15-21)31-23-14-18(3)25(32-27(23)24)20-5-9-33(10-6-20)22-7-11-35-12-8-22/h13-17,20,22,31H,5-12H2,1-4H3. The number of likely N-dealkylation sites (tertiary alicyclic amines) is 1. The van der Waals surface area contributed by atoms with Gasteiger partial charge in [0.05, 0.1) is 16.7 Å². The summed E-state index contributed by atoms with van der Waals surface area (Å²) in [5.74, 6) is 0.881. The topological polar surface area (TPSA) is 71.3 Å². The van der Waals surface area contributed by atoms with E-state index in [9.17, 15) is 0 Å². The monoisotopic (exact) mass is 472 g/mol. The molecule has 0 amide bonds. The van der Waals surface area contributed by atoms with E-state index < -0.39 is 0 Å². The Morgan fingerprint density at radius 1 is 1.03 bits per heavy atom. The number of ether oxygens (including phenoxy) is 1. The first kappa shape index (κ1) is 22.7. The summed E-state index contributed by atoms with van der Waals surface area (Å²) < 4.78 is 7.45. The molecule has 6 heterocycles. The lowest BCUT2D eigenvalue weighted by Gasteiger charge is -2.39. The summed E-state index contributed by atoms with van der Waals surface area (Å²) in [7, 11) is 0. The maximum absolute atomic E-state index is 5.58. The summed E-state index contributed by atoms with van der Waals surface area (Å²) in [4.78, 5) is 16.2. The van der Waals surface area contributed by atoms with Crippen molar-refractivity contribution in [2.45, 2.75) is 71.3 Å². The molecule has 0 spiro atoms. The summed E-state index contributed by atoms with van der Waals surface area (Å²) in [6.45, 7) is 13.0. The van der Waals surface area contributed by atoms with Crippen molar-refractivity contribution >= 4 is 16.7 Å². The van der Waals surface area contributed by atoms with Gasteiger partial charge in [0.25, 0.3) is 0 Å². The Balaban J connectivity index is 1.35. The molecule has 0 unspecified atom stereocenters. The summed E-state index contributed by atoms with van der Waals surface area (Å²) in [5, 5.41) is 4.39. The molecular formula is C28H36N6O. The highest BCUT2D eigenvalue weighted by molar-refractivity contribution is 5.89. The van der Waals surface area contributed by atoms with Crippen LogP contribution in [0.3, 0.4) is 0 Å². The van der Waals surface area contributed by atoms with E-state index in [1.54, 1.807) is 6.33 Å². The van der Waals surface area contributed by atoms with Gasteiger partial charge in [0.2, 0.25) is 0 Å². The number of piperidine rings is 1. The van der Waals surface area contributed by atoms with Crippen molar-refractivity contribution in [3.63, 3.8) is 0 Å². The predicted molar refractivity (Wildman–Crippen MR) is 139 cm³/mol. The van der Waals surface area contributed by atoms with E-state index in [1.165, 1.54) is 55.6 Å². The van der Waals surface area contributed by atoms with Gasteiger partial charge >= 0.3 is 0 Å². The summed E-state index contributed by atoms with van der Waals surface area (Å²) in [5.41, 5.74) is 10.4. The number of rotatable bonds is 4. The SMILES string of the molecule is Cc1cc2[nH]c(-c3cc(C)c4ncnn4c3)c(C(C)C)c2nc1C1CCN(C2CCOCC2)CC1. The van der Waals surface area contributed by atoms with Crippen LogP contribution in [0.1, 0.15) is 73.8 Å². The van der Waals surface area contributed by atoms with Gasteiger partial charge in [0.1, 0.15) is 6.33 Å². The second kappa shape index (κ2) is 9.03. The maximum atomic E-state index is 5.58. The van der Waals surface area contributed by atoms with Crippen LogP contribution in [0.2, 0.25) is 0 Å². The molecule has 35 heavy (non-hydrogen) atoms. The molecule has 0 radical (unpaired) electrons. The van der Waals surface area contributed by atoms with E-state index >= 15 is 0 Å². The first-order valence-corrected chi connectivity index (χ1v) is 13.1. The van der Waals surface area contributed by atoms with Crippen LogP contribution in [-0.4, -0.2) is 61.8 Å². The molecule has 4 aromatic heterocycles. The fourth-order valence-electron chi connectivity index (χ4n) is 6.27. The van der Waals surface area contributed by atoms with Gasteiger partial charge in [-0.05, 0) is 81.8 Å². The van der Waals surface area contributed by atoms with Gasteiger partial charge in [-0.15, -0.1) is 0 Å². The van der Waals surface area contributed by atoms with Gasteiger partial charge in [-0.3, -0.25) is 4.98 Å². The molecule has 0 aromatic carbocycles. The van der Waals surface area contributed by atoms with Crippen molar-refractivity contribution in [2.75, 3.05) is 26.3 Å². The van der Waals surface area contributed by atoms with Crippen LogP contribution in [0.4, 0.5) is 0 Å². The Kier molecular flexibility index (Phi) is 5.85. The Morgan fingerprint density at radius 3 is 2.54 bits per heavy atom. The molecule has 2 saturated heterocycles. The van der Waals surface area contributed by atoms with Gasteiger partial charge in [-0.2, -0.15) is 5.10 Å². The zero-order chi connectivity index (χ0) is 24.1. The second-order valence-electron chi connectivity index (χ2n) is 10.7. The van der Waals surface area contributed by atoms with Crippen LogP contribution < -0.4 is 0 Å². The molecule has 1 N–H and O–H groups in total. The molecule has 0 bridgehead atoms. The Labute approximate surface area is 206 Å². The molecule has 4 aromatic rings. The highest BCUT2D eigenvalue weighted by Crippen LogP contribution is 2.38. The molecule has 6 rings (SSSR count). The van der Waals surface area contributed by atoms with Gasteiger partial charge < -0.3 is 14.6 Å². The summed E-state index contributed by atoms with van der Waals surface area (Å²) in [6, 6.07) is 5.23. The first-order chi connectivity index (χ1) is 17.0.